The van der Waals surface area contributed by atoms with E-state index in [0.717, 1.165) is 43.7 Å². The summed E-state index contributed by atoms with van der Waals surface area (Å²) in [6.45, 7) is 0.992. The lowest BCUT2D eigenvalue weighted by Crippen LogP contribution is -2.61. The third-order valence-corrected chi connectivity index (χ3v) is 5.84. The van der Waals surface area contributed by atoms with Crippen molar-refractivity contribution in [1.82, 2.24) is 0 Å². The molecule has 1 aromatic rings. The number of methoxy groups -OCH3 is 2. The van der Waals surface area contributed by atoms with E-state index in [9.17, 15) is 0 Å². The Morgan fingerprint density at radius 3 is 2.59 bits per heavy atom. The minimum atomic E-state index is 0.110. The summed E-state index contributed by atoms with van der Waals surface area (Å²) in [6.07, 6.45) is 4.25. The summed E-state index contributed by atoms with van der Waals surface area (Å²) in [5, 5.41) is 0. The Kier molecular flexibility index (Phi) is 3.83. The van der Waals surface area contributed by atoms with E-state index in [0.29, 0.717) is 10.6 Å². The van der Waals surface area contributed by atoms with Crippen molar-refractivity contribution in [2.24, 2.45) is 11.6 Å². The predicted octanol–water partition coefficient (Wildman–Crippen LogP) is 1.55. The van der Waals surface area contributed by atoms with Gasteiger partial charge in [0.1, 0.15) is 6.04 Å². The third-order valence-electron chi connectivity index (χ3n) is 5.84. The van der Waals surface area contributed by atoms with Crippen LogP contribution in [0.5, 0.6) is 11.5 Å². The van der Waals surface area contributed by atoms with Crippen LogP contribution in [-0.2, 0) is 5.41 Å². The van der Waals surface area contributed by atoms with Crippen molar-refractivity contribution in [2.45, 2.75) is 43.2 Å². The van der Waals surface area contributed by atoms with Crippen LogP contribution in [0.3, 0.4) is 0 Å². The van der Waals surface area contributed by atoms with Gasteiger partial charge < -0.3 is 15.2 Å². The zero-order valence-corrected chi connectivity index (χ0v) is 13.8. The van der Waals surface area contributed by atoms with Crippen LogP contribution in [0.2, 0.25) is 0 Å². The molecule has 0 amide bonds. The Bertz CT molecular complexity index is 561. The number of likely N-dealkylation sites (N-methyl/N-ethyl adjacent to an activating group) is 1. The average Bonchev–Trinajstić information content (AvgIpc) is 2.79. The van der Waals surface area contributed by atoms with Crippen LogP contribution in [0.15, 0.2) is 18.2 Å². The fraction of sp³-hybridized carbons (Fsp3) is 0.647. The lowest BCUT2D eigenvalue weighted by Gasteiger charge is -2.44. The Morgan fingerprint density at radius 2 is 1.91 bits per heavy atom. The lowest BCUT2D eigenvalue weighted by atomic mass is 9.65. The van der Waals surface area contributed by atoms with Gasteiger partial charge in [-0.3, -0.25) is 0 Å². The molecule has 1 saturated heterocycles. The number of quaternary nitrogens is 1. The van der Waals surface area contributed by atoms with Crippen molar-refractivity contribution in [3.8, 4) is 11.5 Å². The smallest absolute Gasteiger partial charge is 0.161 e. The average molecular weight is 306 g/mol. The van der Waals surface area contributed by atoms with Crippen LogP contribution in [0.4, 0.5) is 0 Å². The van der Waals surface area contributed by atoms with Crippen LogP contribution in [0.1, 0.15) is 31.2 Å². The summed E-state index contributed by atoms with van der Waals surface area (Å²) in [7, 11) is 5.48. The molecule has 122 valence electrons. The second kappa shape index (κ2) is 5.41. The molecule has 1 aromatic carbocycles. The van der Waals surface area contributed by atoms with Gasteiger partial charge in [-0.25, -0.2) is 4.59 Å². The molecule has 22 heavy (non-hydrogen) atoms. The fourth-order valence-corrected chi connectivity index (χ4v) is 4.56. The topological polar surface area (TPSA) is 70.5 Å². The highest BCUT2D eigenvalue weighted by Gasteiger charge is 2.58. The van der Waals surface area contributed by atoms with Crippen LogP contribution in [-0.4, -0.2) is 44.5 Å². The number of rotatable bonds is 3. The van der Waals surface area contributed by atoms with Crippen LogP contribution in [0.25, 0.3) is 0 Å². The van der Waals surface area contributed by atoms with Crippen molar-refractivity contribution in [3.63, 3.8) is 0 Å². The Hall–Kier alpha value is -1.30. The van der Waals surface area contributed by atoms with Gasteiger partial charge >= 0.3 is 0 Å². The Morgan fingerprint density at radius 1 is 1.18 bits per heavy atom. The molecule has 1 heterocycles. The number of likely N-dealkylation sites (tertiary alicyclic amines) is 1. The quantitative estimate of drug-likeness (QED) is 0.656. The molecule has 3 rings (SSSR count). The Labute approximate surface area is 132 Å². The number of benzene rings is 1. The predicted molar refractivity (Wildman–Crippen MR) is 86.7 cm³/mol. The lowest BCUT2D eigenvalue weighted by molar-refractivity contribution is -0.936. The summed E-state index contributed by atoms with van der Waals surface area (Å²) < 4.78 is 11.4. The van der Waals surface area contributed by atoms with Gasteiger partial charge in [0, 0.05) is 18.9 Å². The number of hydrogen-bond acceptors (Lipinski definition) is 4. The van der Waals surface area contributed by atoms with Gasteiger partial charge in [-0.15, -0.1) is 0 Å². The van der Waals surface area contributed by atoms with E-state index in [4.69, 9.17) is 21.1 Å². The molecule has 2 aliphatic rings. The van der Waals surface area contributed by atoms with Crippen LogP contribution < -0.4 is 21.1 Å². The zero-order valence-electron chi connectivity index (χ0n) is 13.8. The molecular weight excluding hydrogens is 278 g/mol. The van der Waals surface area contributed by atoms with Gasteiger partial charge in [-0.2, -0.15) is 5.84 Å². The molecule has 0 unspecified atom stereocenters. The number of ether oxygens (including phenoxy) is 2. The van der Waals surface area contributed by atoms with Crippen LogP contribution >= 0.6 is 0 Å². The molecule has 5 heteroatoms. The number of fused-ring (bicyclic) bond motifs is 1. The summed E-state index contributed by atoms with van der Waals surface area (Å²) in [5.74, 6) is 8.14. The first-order chi connectivity index (χ1) is 10.4. The molecule has 2 fully saturated rings. The maximum Gasteiger partial charge on any atom is 0.161 e. The summed E-state index contributed by atoms with van der Waals surface area (Å²) in [6, 6.07) is 6.95. The highest BCUT2D eigenvalue weighted by molar-refractivity contribution is 5.46. The molecule has 4 N–H and O–H groups in total. The summed E-state index contributed by atoms with van der Waals surface area (Å²) in [5.41, 5.74) is 7.66. The van der Waals surface area contributed by atoms with Crippen molar-refractivity contribution in [1.29, 1.82) is 0 Å². The second-order valence-corrected chi connectivity index (χ2v) is 7.10. The minimum absolute atomic E-state index is 0.110. The van der Waals surface area contributed by atoms with E-state index < -0.39 is 0 Å². The Balaban J connectivity index is 2.05. The third kappa shape index (κ3) is 2.28. The number of hydrogen-bond donors (Lipinski definition) is 2. The van der Waals surface area contributed by atoms with Crippen molar-refractivity contribution >= 4 is 0 Å². The molecular formula is C17H28N3O2+. The van der Waals surface area contributed by atoms with Gasteiger partial charge in [0.05, 0.1) is 33.2 Å². The van der Waals surface area contributed by atoms with Crippen LogP contribution in [0, 0.1) is 0 Å². The fourth-order valence-electron chi connectivity index (χ4n) is 4.56. The molecule has 0 spiro atoms. The molecule has 0 radical (unpaired) electrons. The van der Waals surface area contributed by atoms with Gasteiger partial charge in [-0.1, -0.05) is 6.07 Å². The summed E-state index contributed by atoms with van der Waals surface area (Å²) in [4.78, 5) is 0. The first-order valence-electron chi connectivity index (χ1n) is 8.05. The SMILES string of the molecule is COc1ccc([C@@]23CC[C@@H](N)C[C@H]2[N@@+](C)(N)CC3)cc1OC. The normalized spacial score (nSPS) is 37.7. The molecule has 0 bridgehead atoms. The maximum atomic E-state index is 6.57. The number of nitrogens with zero attached hydrogens (tertiary/aromatic N) is 1. The standard InChI is InChI=1S/C17H28N3O2/c1-20(19)9-8-17(7-6-13(18)11-16(17)20)12-4-5-14(21-2)15(10-12)22-3/h4-5,10,13,16H,6-9,11,18-19H2,1-3H3/q+1/t13-,16-,17+,20+/m1/s1. The van der Waals surface area contributed by atoms with Gasteiger partial charge in [0.2, 0.25) is 0 Å². The molecule has 1 aliphatic carbocycles. The molecule has 4 atom stereocenters. The molecule has 0 aromatic heterocycles. The molecule has 1 aliphatic heterocycles. The van der Waals surface area contributed by atoms with E-state index in [1.165, 1.54) is 5.56 Å². The highest BCUT2D eigenvalue weighted by Crippen LogP contribution is 2.51. The first-order valence-corrected chi connectivity index (χ1v) is 8.05. The van der Waals surface area contributed by atoms with Gasteiger partial charge in [-0.05, 0) is 30.5 Å². The number of nitrogens with two attached hydrogens (primary N) is 2. The first kappa shape index (κ1) is 15.6. The summed E-state index contributed by atoms with van der Waals surface area (Å²) >= 11 is 0. The van der Waals surface area contributed by atoms with Crippen molar-refractivity contribution in [3.05, 3.63) is 23.8 Å². The zero-order chi connectivity index (χ0) is 16.0. The van der Waals surface area contributed by atoms with Crippen molar-refractivity contribution in [2.75, 3.05) is 27.8 Å². The van der Waals surface area contributed by atoms with E-state index in [-0.39, 0.29) is 11.5 Å². The van der Waals surface area contributed by atoms with E-state index in [2.05, 4.69) is 19.2 Å². The second-order valence-electron chi connectivity index (χ2n) is 7.10. The van der Waals surface area contributed by atoms with Gasteiger partial charge in [0.25, 0.3) is 0 Å². The van der Waals surface area contributed by atoms with E-state index in [1.807, 2.05) is 6.07 Å². The van der Waals surface area contributed by atoms with Gasteiger partial charge in [0.15, 0.2) is 11.5 Å². The van der Waals surface area contributed by atoms with Crippen molar-refractivity contribution < 1.29 is 14.1 Å². The van der Waals surface area contributed by atoms with E-state index in [1.54, 1.807) is 14.2 Å². The minimum Gasteiger partial charge on any atom is -0.493 e. The maximum absolute atomic E-state index is 6.57. The monoisotopic (exact) mass is 306 g/mol. The molecule has 1 saturated carbocycles. The molecule has 5 nitrogen and oxygen atoms in total. The largest absolute Gasteiger partial charge is 0.493 e. The van der Waals surface area contributed by atoms with E-state index >= 15 is 0 Å². The highest BCUT2D eigenvalue weighted by atomic mass is 16.5.